The smallest absolute Gasteiger partial charge is 0.343 e. The van der Waals surface area contributed by atoms with E-state index in [0.717, 1.165) is 28.0 Å². The predicted molar refractivity (Wildman–Crippen MR) is 150 cm³/mol. The highest BCUT2D eigenvalue weighted by Crippen LogP contribution is 2.36. The molecule has 37 heavy (non-hydrogen) atoms. The van der Waals surface area contributed by atoms with Gasteiger partial charge in [0.15, 0.2) is 0 Å². The Hall–Kier alpha value is -3.40. The van der Waals surface area contributed by atoms with E-state index in [4.69, 9.17) is 9.47 Å². The van der Waals surface area contributed by atoms with Crippen LogP contribution in [0, 0.1) is 19.8 Å². The molecule has 0 spiro atoms. The molecule has 3 aromatic carbocycles. The molecule has 0 atom stereocenters. The summed E-state index contributed by atoms with van der Waals surface area (Å²) in [6, 6.07) is 19.4. The number of ether oxygens (including phenoxy) is 2. The summed E-state index contributed by atoms with van der Waals surface area (Å²) in [5.74, 6) is 1.19. The topological polar surface area (TPSA) is 52.6 Å². The maximum atomic E-state index is 12.8. The minimum absolute atomic E-state index is 0.00793. The normalized spacial score (nSPS) is 11.9. The summed E-state index contributed by atoms with van der Waals surface area (Å²) in [7, 11) is 0. The fraction of sp³-hybridized carbons (Fsp3) is 0.394. The number of rotatable bonds is 8. The van der Waals surface area contributed by atoms with Gasteiger partial charge in [0, 0.05) is 17.8 Å². The van der Waals surface area contributed by atoms with Crippen molar-refractivity contribution in [3.63, 3.8) is 0 Å². The standard InChI is InChI=1S/C33H40O4/c1-21(2)28(34)20-24-10-12-25(13-11-24)31(35)36-29-16-14-26(18-22(29)3)33(8,9)27-15-17-30(23(4)19-27)37-32(5,6)7/h10-19,21H,20H2,1-9H3. The molecule has 0 amide bonds. The maximum absolute atomic E-state index is 12.8. The van der Waals surface area contributed by atoms with Crippen molar-refractivity contribution in [3.8, 4) is 11.5 Å². The Bertz CT molecular complexity index is 1270. The quantitative estimate of drug-likeness (QED) is 0.234. The third-order valence-electron chi connectivity index (χ3n) is 6.62. The fourth-order valence-corrected chi connectivity index (χ4v) is 4.12. The molecule has 0 saturated heterocycles. The predicted octanol–water partition coefficient (Wildman–Crippen LogP) is 7.79. The van der Waals surface area contributed by atoms with Gasteiger partial charge in [-0.25, -0.2) is 4.79 Å². The molecule has 3 aromatic rings. The Morgan fingerprint density at radius 1 is 0.757 bits per heavy atom. The van der Waals surface area contributed by atoms with Crippen molar-refractivity contribution in [1.29, 1.82) is 0 Å². The number of carbonyl (C=O) groups is 2. The van der Waals surface area contributed by atoms with Crippen molar-refractivity contribution < 1.29 is 19.1 Å². The zero-order valence-electron chi connectivity index (χ0n) is 23.7. The van der Waals surface area contributed by atoms with Crippen molar-refractivity contribution >= 4 is 11.8 Å². The largest absolute Gasteiger partial charge is 0.488 e. The van der Waals surface area contributed by atoms with Crippen molar-refractivity contribution in [3.05, 3.63) is 94.0 Å². The van der Waals surface area contributed by atoms with Crippen LogP contribution in [0.2, 0.25) is 0 Å². The second-order valence-corrected chi connectivity index (χ2v) is 11.7. The van der Waals surface area contributed by atoms with Crippen molar-refractivity contribution in [1.82, 2.24) is 0 Å². The Balaban J connectivity index is 1.75. The number of Topliss-reactive ketones (excluding diaryl/α,β-unsaturated/α-hetero) is 1. The SMILES string of the molecule is Cc1cc(C(C)(C)c2ccc(OC(C)(C)C)c(C)c2)ccc1OC(=O)c1ccc(CC(=O)C(C)C)cc1. The van der Waals surface area contributed by atoms with Crippen LogP contribution < -0.4 is 9.47 Å². The van der Waals surface area contributed by atoms with Gasteiger partial charge in [-0.05, 0) is 86.7 Å². The van der Waals surface area contributed by atoms with E-state index in [1.807, 2.05) is 71.9 Å². The molecule has 0 unspecified atom stereocenters. The molecule has 0 heterocycles. The minimum Gasteiger partial charge on any atom is -0.488 e. The molecule has 4 nitrogen and oxygen atoms in total. The Morgan fingerprint density at radius 3 is 1.73 bits per heavy atom. The number of hydrogen-bond donors (Lipinski definition) is 0. The third-order valence-corrected chi connectivity index (χ3v) is 6.62. The molecule has 196 valence electrons. The van der Waals surface area contributed by atoms with Gasteiger partial charge in [0.2, 0.25) is 0 Å². The highest BCUT2D eigenvalue weighted by molar-refractivity contribution is 5.91. The highest BCUT2D eigenvalue weighted by atomic mass is 16.5. The lowest BCUT2D eigenvalue weighted by molar-refractivity contribution is -0.121. The molecule has 4 heteroatoms. The van der Waals surface area contributed by atoms with Crippen molar-refractivity contribution in [2.45, 2.75) is 79.8 Å². The number of hydrogen-bond acceptors (Lipinski definition) is 4. The molecule has 0 aliphatic rings. The number of aryl methyl sites for hydroxylation is 2. The molecule has 0 aromatic heterocycles. The first-order chi connectivity index (χ1) is 17.2. The van der Waals surface area contributed by atoms with E-state index in [2.05, 4.69) is 39.0 Å². The minimum atomic E-state index is -0.415. The van der Waals surface area contributed by atoms with Crippen LogP contribution in [0.1, 0.15) is 86.6 Å². The van der Waals surface area contributed by atoms with Crippen LogP contribution >= 0.6 is 0 Å². The molecule has 0 aliphatic carbocycles. The van der Waals surface area contributed by atoms with Crippen LogP contribution in [0.3, 0.4) is 0 Å². The van der Waals surface area contributed by atoms with Gasteiger partial charge in [0.25, 0.3) is 0 Å². The lowest BCUT2D eigenvalue weighted by Gasteiger charge is -2.29. The van der Waals surface area contributed by atoms with Gasteiger partial charge in [-0.3, -0.25) is 4.79 Å². The van der Waals surface area contributed by atoms with Crippen LogP contribution in [0.25, 0.3) is 0 Å². The van der Waals surface area contributed by atoms with Gasteiger partial charge in [0.1, 0.15) is 22.9 Å². The summed E-state index contributed by atoms with van der Waals surface area (Å²) in [5, 5.41) is 0. The van der Waals surface area contributed by atoms with E-state index >= 15 is 0 Å². The molecule has 3 rings (SSSR count). The number of carbonyl (C=O) groups excluding carboxylic acids is 2. The van der Waals surface area contributed by atoms with E-state index in [1.165, 1.54) is 5.56 Å². The van der Waals surface area contributed by atoms with Gasteiger partial charge in [-0.15, -0.1) is 0 Å². The third kappa shape index (κ3) is 7.09. The van der Waals surface area contributed by atoms with Gasteiger partial charge in [0.05, 0.1) is 5.56 Å². The van der Waals surface area contributed by atoms with Crippen LogP contribution in [0.4, 0.5) is 0 Å². The number of ketones is 1. The van der Waals surface area contributed by atoms with Gasteiger partial charge in [-0.2, -0.15) is 0 Å². The monoisotopic (exact) mass is 500 g/mol. The molecular formula is C33H40O4. The summed E-state index contributed by atoms with van der Waals surface area (Å²) in [6.07, 6.45) is 0.370. The fourth-order valence-electron chi connectivity index (χ4n) is 4.12. The summed E-state index contributed by atoms with van der Waals surface area (Å²) >= 11 is 0. The van der Waals surface area contributed by atoms with Crippen LogP contribution in [0.5, 0.6) is 11.5 Å². The van der Waals surface area contributed by atoms with Crippen molar-refractivity contribution in [2.75, 3.05) is 0 Å². The summed E-state index contributed by atoms with van der Waals surface area (Å²) in [6.45, 7) is 18.3. The Labute approximate surface area is 222 Å². The van der Waals surface area contributed by atoms with Crippen LogP contribution in [-0.2, 0) is 16.6 Å². The first-order valence-corrected chi connectivity index (χ1v) is 12.9. The lowest BCUT2D eigenvalue weighted by Crippen LogP contribution is -2.24. The molecular weight excluding hydrogens is 460 g/mol. The van der Waals surface area contributed by atoms with Gasteiger partial charge >= 0.3 is 5.97 Å². The average molecular weight is 501 g/mol. The zero-order valence-corrected chi connectivity index (χ0v) is 23.7. The molecule has 0 bridgehead atoms. The summed E-state index contributed by atoms with van der Waals surface area (Å²) in [4.78, 5) is 24.8. The molecule has 0 aliphatic heterocycles. The van der Waals surface area contributed by atoms with E-state index in [1.54, 1.807) is 12.1 Å². The second kappa shape index (κ2) is 10.9. The van der Waals surface area contributed by atoms with E-state index in [9.17, 15) is 9.59 Å². The van der Waals surface area contributed by atoms with Gasteiger partial charge < -0.3 is 9.47 Å². The lowest BCUT2D eigenvalue weighted by atomic mass is 9.77. The van der Waals surface area contributed by atoms with Crippen molar-refractivity contribution in [2.24, 2.45) is 5.92 Å². The molecule has 0 saturated carbocycles. The van der Waals surface area contributed by atoms with E-state index < -0.39 is 5.97 Å². The second-order valence-electron chi connectivity index (χ2n) is 11.7. The Kier molecular flexibility index (Phi) is 8.32. The number of esters is 1. The highest BCUT2D eigenvalue weighted by Gasteiger charge is 2.25. The maximum Gasteiger partial charge on any atom is 0.343 e. The first-order valence-electron chi connectivity index (χ1n) is 12.9. The van der Waals surface area contributed by atoms with E-state index in [0.29, 0.717) is 17.7 Å². The van der Waals surface area contributed by atoms with Crippen LogP contribution in [-0.4, -0.2) is 17.4 Å². The summed E-state index contributed by atoms with van der Waals surface area (Å²) in [5.41, 5.74) is 5.16. The summed E-state index contributed by atoms with van der Waals surface area (Å²) < 4.78 is 11.8. The zero-order chi connectivity index (χ0) is 27.5. The average Bonchev–Trinajstić information content (AvgIpc) is 2.81. The molecule has 0 fully saturated rings. The molecule has 0 N–H and O–H groups in total. The van der Waals surface area contributed by atoms with Crippen LogP contribution in [0.15, 0.2) is 60.7 Å². The van der Waals surface area contributed by atoms with Gasteiger partial charge in [-0.1, -0.05) is 64.1 Å². The molecule has 0 radical (unpaired) electrons. The Morgan fingerprint density at radius 2 is 1.27 bits per heavy atom. The number of benzene rings is 3. The van der Waals surface area contributed by atoms with E-state index in [-0.39, 0.29) is 22.7 Å². The first kappa shape index (κ1) is 28.2.